The van der Waals surface area contributed by atoms with Crippen molar-refractivity contribution >= 4 is 20.0 Å². The van der Waals surface area contributed by atoms with E-state index in [4.69, 9.17) is 0 Å². The van der Waals surface area contributed by atoms with Gasteiger partial charge in [-0.3, -0.25) is 0 Å². The Kier molecular flexibility index (Phi) is 7.40. The van der Waals surface area contributed by atoms with E-state index in [2.05, 4.69) is 0 Å². The second kappa shape index (κ2) is 9.14. The van der Waals surface area contributed by atoms with Crippen LogP contribution in [0.15, 0.2) is 58.3 Å². The molecule has 0 aliphatic rings. The molecule has 2 aromatic rings. The maximum atomic E-state index is 13.0. The summed E-state index contributed by atoms with van der Waals surface area (Å²) < 4.78 is 130. The molecule has 6 nitrogen and oxygen atoms in total. The highest BCUT2D eigenvalue weighted by atomic mass is 32.2. The lowest BCUT2D eigenvalue weighted by Crippen LogP contribution is -2.31. The predicted octanol–water partition coefficient (Wildman–Crippen LogP) is 3.37. The molecule has 0 aliphatic heterocycles. The number of rotatable bonds is 8. The summed E-state index contributed by atoms with van der Waals surface area (Å²) in [5, 5.41) is 0. The molecule has 172 valence electrons. The third-order valence-electron chi connectivity index (χ3n) is 3.90. The van der Waals surface area contributed by atoms with Crippen molar-refractivity contribution in [1.29, 1.82) is 0 Å². The van der Waals surface area contributed by atoms with Crippen molar-refractivity contribution in [2.24, 2.45) is 0 Å². The summed E-state index contributed by atoms with van der Waals surface area (Å²) in [6, 6.07) is 6.99. The number of alkyl halides is 6. The number of nitrogens with one attached hydrogen (secondary N) is 2. The second-order valence-corrected chi connectivity index (χ2v) is 9.61. The minimum Gasteiger partial charge on any atom is -0.211 e. The van der Waals surface area contributed by atoms with Crippen molar-refractivity contribution < 1.29 is 43.2 Å². The Balaban J connectivity index is 2.02. The second-order valence-electron chi connectivity index (χ2n) is 6.14. The van der Waals surface area contributed by atoms with E-state index < -0.39 is 66.4 Å². The molecule has 0 fully saturated rings. The van der Waals surface area contributed by atoms with Gasteiger partial charge in [0.2, 0.25) is 20.0 Å². The summed E-state index contributed by atoms with van der Waals surface area (Å²) in [4.78, 5) is -2.00. The first-order chi connectivity index (χ1) is 14.2. The normalized spacial score (nSPS) is 13.4. The van der Waals surface area contributed by atoms with Crippen molar-refractivity contribution in [1.82, 2.24) is 9.44 Å². The predicted molar refractivity (Wildman–Crippen MR) is 97.9 cm³/mol. The molecule has 0 spiro atoms. The molecule has 0 radical (unpaired) electrons. The van der Waals surface area contributed by atoms with E-state index in [1.807, 2.05) is 9.44 Å². The van der Waals surface area contributed by atoms with Crippen LogP contribution >= 0.6 is 0 Å². The van der Waals surface area contributed by atoms with Crippen LogP contribution in [0.1, 0.15) is 17.5 Å². The van der Waals surface area contributed by atoms with Crippen molar-refractivity contribution in [3.8, 4) is 0 Å². The quantitative estimate of drug-likeness (QED) is 0.439. The van der Waals surface area contributed by atoms with Crippen molar-refractivity contribution in [3.05, 3.63) is 59.7 Å². The van der Waals surface area contributed by atoms with Gasteiger partial charge in [-0.25, -0.2) is 26.3 Å². The Morgan fingerprint density at radius 3 is 1.26 bits per heavy atom. The molecule has 0 unspecified atom stereocenters. The monoisotopic (exact) mass is 490 g/mol. The van der Waals surface area contributed by atoms with Crippen LogP contribution in [-0.4, -0.2) is 29.9 Å². The standard InChI is InChI=1S/C17H16F6N2O4S2/c18-16(19,20)12-6-1-3-8-14(12)30(26,27)24-10-5-11-25-31(28,29)15-9-4-2-7-13(15)17(21,22)23/h1-4,6-9,24-25H,5,10-11H2. The van der Waals surface area contributed by atoms with Crippen LogP contribution in [0.3, 0.4) is 0 Å². The van der Waals surface area contributed by atoms with Crippen LogP contribution in [0.5, 0.6) is 0 Å². The number of hydrogen-bond acceptors (Lipinski definition) is 4. The van der Waals surface area contributed by atoms with Gasteiger partial charge in [0.05, 0.1) is 20.9 Å². The molecule has 2 rings (SSSR count). The van der Waals surface area contributed by atoms with E-state index in [0.717, 1.165) is 36.4 Å². The average Bonchev–Trinajstić information content (AvgIpc) is 2.66. The van der Waals surface area contributed by atoms with Crippen LogP contribution in [0, 0.1) is 0 Å². The summed E-state index contributed by atoms with van der Waals surface area (Å²) in [5.41, 5.74) is -2.74. The summed E-state index contributed by atoms with van der Waals surface area (Å²) in [5.74, 6) is 0. The van der Waals surface area contributed by atoms with Crippen LogP contribution in [0.2, 0.25) is 0 Å². The molecule has 0 bridgehead atoms. The van der Waals surface area contributed by atoms with E-state index in [0.29, 0.717) is 12.1 Å². The molecule has 0 atom stereocenters. The summed E-state index contributed by atoms with van der Waals surface area (Å²) in [7, 11) is -9.13. The third-order valence-corrected chi connectivity index (χ3v) is 6.94. The van der Waals surface area contributed by atoms with Crippen molar-refractivity contribution in [2.45, 2.75) is 28.6 Å². The Bertz CT molecular complexity index is 1040. The van der Waals surface area contributed by atoms with E-state index >= 15 is 0 Å². The fraction of sp³-hybridized carbons (Fsp3) is 0.294. The fourth-order valence-corrected chi connectivity index (χ4v) is 5.13. The van der Waals surface area contributed by atoms with Gasteiger partial charge in [-0.15, -0.1) is 0 Å². The SMILES string of the molecule is O=S(=O)(NCCCNS(=O)(=O)c1ccccc1C(F)(F)F)c1ccccc1C(F)(F)F. The van der Waals surface area contributed by atoms with Crippen molar-refractivity contribution in [3.63, 3.8) is 0 Å². The zero-order valence-electron chi connectivity index (χ0n) is 15.5. The minimum atomic E-state index is -4.91. The first-order valence-electron chi connectivity index (χ1n) is 8.48. The van der Waals surface area contributed by atoms with Gasteiger partial charge in [0, 0.05) is 13.1 Å². The first kappa shape index (κ1) is 25.1. The largest absolute Gasteiger partial charge is 0.417 e. The van der Waals surface area contributed by atoms with E-state index in [-0.39, 0.29) is 6.42 Å². The number of benzene rings is 2. The molecular weight excluding hydrogens is 474 g/mol. The topological polar surface area (TPSA) is 92.3 Å². The van der Waals surface area contributed by atoms with E-state index in [1.54, 1.807) is 0 Å². The van der Waals surface area contributed by atoms with Gasteiger partial charge in [0.1, 0.15) is 0 Å². The lowest BCUT2D eigenvalue weighted by atomic mass is 10.2. The van der Waals surface area contributed by atoms with Crippen LogP contribution in [-0.2, 0) is 32.4 Å². The Hall–Kier alpha value is -2.16. The molecule has 14 heteroatoms. The lowest BCUT2D eigenvalue weighted by molar-refractivity contribution is -0.140. The number of halogens is 6. The third kappa shape index (κ3) is 6.41. The van der Waals surface area contributed by atoms with Gasteiger partial charge >= 0.3 is 12.4 Å². The Morgan fingerprint density at radius 1 is 0.613 bits per heavy atom. The maximum absolute atomic E-state index is 13.0. The van der Waals surface area contributed by atoms with Gasteiger partial charge in [0.25, 0.3) is 0 Å². The van der Waals surface area contributed by atoms with Gasteiger partial charge < -0.3 is 0 Å². The summed E-state index contributed by atoms with van der Waals surface area (Å²) in [6.45, 7) is -0.921. The highest BCUT2D eigenvalue weighted by Gasteiger charge is 2.37. The van der Waals surface area contributed by atoms with E-state index in [1.165, 1.54) is 0 Å². The molecule has 2 aromatic carbocycles. The molecule has 0 aliphatic carbocycles. The smallest absolute Gasteiger partial charge is 0.211 e. The molecule has 0 amide bonds. The van der Waals surface area contributed by atoms with Gasteiger partial charge in [-0.2, -0.15) is 26.3 Å². The van der Waals surface area contributed by atoms with Gasteiger partial charge in [-0.05, 0) is 30.7 Å². The minimum absolute atomic E-state index is 0.235. The Labute approximate surface area is 174 Å². The lowest BCUT2D eigenvalue weighted by Gasteiger charge is -2.14. The number of hydrogen-bond donors (Lipinski definition) is 2. The highest BCUT2D eigenvalue weighted by molar-refractivity contribution is 7.89. The molecule has 0 aromatic heterocycles. The molecule has 0 saturated heterocycles. The van der Waals surface area contributed by atoms with Gasteiger partial charge in [0.15, 0.2) is 0 Å². The molecule has 31 heavy (non-hydrogen) atoms. The summed E-state index contributed by atoms with van der Waals surface area (Å²) in [6.07, 6.45) is -10.1. The molecule has 2 N–H and O–H groups in total. The Morgan fingerprint density at radius 2 is 0.935 bits per heavy atom. The maximum Gasteiger partial charge on any atom is 0.417 e. The van der Waals surface area contributed by atoms with Gasteiger partial charge in [-0.1, -0.05) is 24.3 Å². The molecule has 0 saturated carbocycles. The highest BCUT2D eigenvalue weighted by Crippen LogP contribution is 2.34. The van der Waals surface area contributed by atoms with Crippen LogP contribution in [0.25, 0.3) is 0 Å². The van der Waals surface area contributed by atoms with Crippen LogP contribution < -0.4 is 9.44 Å². The zero-order chi connectivity index (χ0) is 23.5. The van der Waals surface area contributed by atoms with Crippen molar-refractivity contribution in [2.75, 3.05) is 13.1 Å². The fourth-order valence-electron chi connectivity index (χ4n) is 2.53. The first-order valence-corrected chi connectivity index (χ1v) is 11.4. The number of sulfonamides is 2. The molecule has 0 heterocycles. The zero-order valence-corrected chi connectivity index (χ0v) is 17.1. The van der Waals surface area contributed by atoms with E-state index in [9.17, 15) is 43.2 Å². The molecular formula is C17H16F6N2O4S2. The van der Waals surface area contributed by atoms with Crippen LogP contribution in [0.4, 0.5) is 26.3 Å². The summed E-state index contributed by atoms with van der Waals surface area (Å²) >= 11 is 0. The average molecular weight is 490 g/mol.